The Morgan fingerprint density at radius 2 is 2.25 bits per heavy atom. The molecule has 64 valence electrons. The summed E-state index contributed by atoms with van der Waals surface area (Å²) in [6, 6.07) is 5.01. The molecule has 0 saturated carbocycles. The summed E-state index contributed by atoms with van der Waals surface area (Å²) in [5.41, 5.74) is 2.16. The van der Waals surface area contributed by atoms with E-state index in [-0.39, 0.29) is 5.82 Å². The van der Waals surface area contributed by atoms with Crippen LogP contribution < -0.4 is 0 Å². The SMILES string of the molecule is C=C(CCl)c1ccc(C)c(F)c1. The van der Waals surface area contributed by atoms with Crippen LogP contribution >= 0.6 is 11.6 Å². The molecule has 0 aliphatic rings. The van der Waals surface area contributed by atoms with Gasteiger partial charge in [0, 0.05) is 5.88 Å². The van der Waals surface area contributed by atoms with Crippen molar-refractivity contribution in [1.29, 1.82) is 0 Å². The van der Waals surface area contributed by atoms with Gasteiger partial charge in [0.1, 0.15) is 5.82 Å². The van der Waals surface area contributed by atoms with Gasteiger partial charge in [-0.2, -0.15) is 0 Å². The fraction of sp³-hybridized carbons (Fsp3) is 0.200. The van der Waals surface area contributed by atoms with E-state index in [4.69, 9.17) is 11.6 Å². The van der Waals surface area contributed by atoms with Gasteiger partial charge < -0.3 is 0 Å². The molecule has 1 aromatic rings. The molecule has 0 aliphatic carbocycles. The van der Waals surface area contributed by atoms with Gasteiger partial charge in [0.05, 0.1) is 0 Å². The number of halogens is 2. The third-order valence-corrected chi connectivity index (χ3v) is 2.06. The standard InChI is InChI=1S/C10H10ClF/c1-7-3-4-9(5-10(7)12)8(2)6-11/h3-5H,2,6H2,1H3. The van der Waals surface area contributed by atoms with E-state index in [2.05, 4.69) is 6.58 Å². The number of aryl methyl sites for hydroxylation is 1. The summed E-state index contributed by atoms with van der Waals surface area (Å²) in [6.07, 6.45) is 0. The van der Waals surface area contributed by atoms with Crippen molar-refractivity contribution in [3.63, 3.8) is 0 Å². The summed E-state index contributed by atoms with van der Waals surface area (Å²) in [6.45, 7) is 5.44. The van der Waals surface area contributed by atoms with Crippen molar-refractivity contribution < 1.29 is 4.39 Å². The smallest absolute Gasteiger partial charge is 0.126 e. The van der Waals surface area contributed by atoms with E-state index >= 15 is 0 Å². The van der Waals surface area contributed by atoms with Gasteiger partial charge in [-0.15, -0.1) is 11.6 Å². The molecular formula is C10H10ClF. The minimum Gasteiger partial charge on any atom is -0.207 e. The van der Waals surface area contributed by atoms with Crippen LogP contribution in [-0.2, 0) is 0 Å². The maximum absolute atomic E-state index is 13.0. The lowest BCUT2D eigenvalue weighted by Gasteiger charge is -2.02. The summed E-state index contributed by atoms with van der Waals surface area (Å²) in [7, 11) is 0. The van der Waals surface area contributed by atoms with E-state index in [1.165, 1.54) is 6.07 Å². The molecule has 2 heteroatoms. The van der Waals surface area contributed by atoms with Gasteiger partial charge in [-0.1, -0.05) is 18.7 Å². The Labute approximate surface area is 76.7 Å². The first-order valence-corrected chi connectivity index (χ1v) is 4.19. The largest absolute Gasteiger partial charge is 0.207 e. The van der Waals surface area contributed by atoms with Crippen molar-refractivity contribution in [3.05, 3.63) is 41.7 Å². The van der Waals surface area contributed by atoms with Gasteiger partial charge in [0.15, 0.2) is 0 Å². The molecule has 0 amide bonds. The normalized spacial score (nSPS) is 9.92. The van der Waals surface area contributed by atoms with Crippen LogP contribution in [0.4, 0.5) is 4.39 Å². The van der Waals surface area contributed by atoms with Crippen LogP contribution in [0.1, 0.15) is 11.1 Å². The molecule has 1 rings (SSSR count). The maximum Gasteiger partial charge on any atom is 0.126 e. The van der Waals surface area contributed by atoms with Gasteiger partial charge >= 0.3 is 0 Å². The van der Waals surface area contributed by atoms with E-state index < -0.39 is 0 Å². The summed E-state index contributed by atoms with van der Waals surface area (Å²) in [5, 5.41) is 0. The van der Waals surface area contributed by atoms with E-state index in [0.29, 0.717) is 11.4 Å². The minimum atomic E-state index is -0.209. The quantitative estimate of drug-likeness (QED) is 0.619. The second-order valence-electron chi connectivity index (χ2n) is 2.70. The predicted octanol–water partition coefficient (Wildman–Crippen LogP) is 3.39. The minimum absolute atomic E-state index is 0.209. The molecule has 0 nitrogen and oxygen atoms in total. The Morgan fingerprint density at radius 1 is 1.58 bits per heavy atom. The third-order valence-electron chi connectivity index (χ3n) is 1.74. The van der Waals surface area contributed by atoms with Crippen LogP contribution in [0.15, 0.2) is 24.8 Å². The van der Waals surface area contributed by atoms with Gasteiger partial charge in [0.2, 0.25) is 0 Å². The molecule has 12 heavy (non-hydrogen) atoms. The Morgan fingerprint density at radius 3 is 2.75 bits per heavy atom. The molecule has 0 aliphatic heterocycles. The van der Waals surface area contributed by atoms with Crippen LogP contribution in [0.3, 0.4) is 0 Å². The van der Waals surface area contributed by atoms with Gasteiger partial charge in [-0.25, -0.2) is 4.39 Å². The second kappa shape index (κ2) is 3.72. The molecule has 0 heterocycles. The van der Waals surface area contributed by atoms with E-state index in [1.54, 1.807) is 13.0 Å². The van der Waals surface area contributed by atoms with Crippen molar-refractivity contribution in [2.45, 2.75) is 6.92 Å². The van der Waals surface area contributed by atoms with E-state index in [0.717, 1.165) is 11.1 Å². The molecule has 0 spiro atoms. The first-order valence-electron chi connectivity index (χ1n) is 3.65. The van der Waals surface area contributed by atoms with Crippen molar-refractivity contribution in [2.24, 2.45) is 0 Å². The molecule has 0 aromatic heterocycles. The number of allylic oxidation sites excluding steroid dienone is 1. The zero-order valence-electron chi connectivity index (χ0n) is 6.90. The van der Waals surface area contributed by atoms with Crippen molar-refractivity contribution in [3.8, 4) is 0 Å². The Hall–Kier alpha value is -0.820. The Balaban J connectivity index is 3.05. The number of alkyl halides is 1. The topological polar surface area (TPSA) is 0 Å². The Kier molecular flexibility index (Phi) is 2.88. The number of hydrogen-bond donors (Lipinski definition) is 0. The number of rotatable bonds is 2. The molecule has 0 atom stereocenters. The van der Waals surface area contributed by atoms with Crippen LogP contribution in [-0.4, -0.2) is 5.88 Å². The highest BCUT2D eigenvalue weighted by atomic mass is 35.5. The fourth-order valence-electron chi connectivity index (χ4n) is 0.890. The van der Waals surface area contributed by atoms with E-state index in [1.807, 2.05) is 6.07 Å². The maximum atomic E-state index is 13.0. The van der Waals surface area contributed by atoms with Crippen LogP contribution in [0.25, 0.3) is 5.57 Å². The molecule has 0 bridgehead atoms. The first kappa shape index (κ1) is 9.27. The van der Waals surface area contributed by atoms with E-state index in [9.17, 15) is 4.39 Å². The average Bonchev–Trinajstić information content (AvgIpc) is 2.08. The lowest BCUT2D eigenvalue weighted by atomic mass is 10.1. The lowest BCUT2D eigenvalue weighted by Crippen LogP contribution is -1.88. The van der Waals surface area contributed by atoms with Gasteiger partial charge in [0.25, 0.3) is 0 Å². The summed E-state index contributed by atoms with van der Waals surface area (Å²) in [5.74, 6) is 0.126. The highest BCUT2D eigenvalue weighted by Gasteiger charge is 2.01. The average molecular weight is 185 g/mol. The molecule has 0 unspecified atom stereocenters. The van der Waals surface area contributed by atoms with Crippen molar-refractivity contribution in [2.75, 3.05) is 5.88 Å². The predicted molar refractivity (Wildman–Crippen MR) is 50.9 cm³/mol. The zero-order valence-corrected chi connectivity index (χ0v) is 7.66. The van der Waals surface area contributed by atoms with Crippen LogP contribution in [0.2, 0.25) is 0 Å². The third kappa shape index (κ3) is 1.86. The lowest BCUT2D eigenvalue weighted by molar-refractivity contribution is 0.618. The summed E-state index contributed by atoms with van der Waals surface area (Å²) < 4.78 is 13.0. The molecule has 0 fully saturated rings. The van der Waals surface area contributed by atoms with Crippen molar-refractivity contribution in [1.82, 2.24) is 0 Å². The molecule has 0 radical (unpaired) electrons. The van der Waals surface area contributed by atoms with Crippen LogP contribution in [0, 0.1) is 12.7 Å². The monoisotopic (exact) mass is 184 g/mol. The Bertz CT molecular complexity index is 305. The first-order chi connectivity index (χ1) is 5.65. The highest BCUT2D eigenvalue weighted by Crippen LogP contribution is 2.16. The fourth-order valence-corrected chi connectivity index (χ4v) is 1.04. The molecule has 0 N–H and O–H groups in total. The summed E-state index contributed by atoms with van der Waals surface area (Å²) in [4.78, 5) is 0. The van der Waals surface area contributed by atoms with Crippen molar-refractivity contribution >= 4 is 17.2 Å². The second-order valence-corrected chi connectivity index (χ2v) is 2.97. The molecule has 0 saturated heterocycles. The van der Waals surface area contributed by atoms with Crippen LogP contribution in [0.5, 0.6) is 0 Å². The van der Waals surface area contributed by atoms with Gasteiger partial charge in [-0.3, -0.25) is 0 Å². The number of hydrogen-bond acceptors (Lipinski definition) is 0. The zero-order chi connectivity index (χ0) is 9.14. The molecular weight excluding hydrogens is 175 g/mol. The summed E-state index contributed by atoms with van der Waals surface area (Å²) >= 11 is 5.56. The van der Waals surface area contributed by atoms with Gasteiger partial charge in [-0.05, 0) is 29.7 Å². The molecule has 1 aromatic carbocycles. The number of benzene rings is 1. The highest BCUT2D eigenvalue weighted by molar-refractivity contribution is 6.23.